The van der Waals surface area contributed by atoms with E-state index in [2.05, 4.69) is 6.92 Å². The first-order valence-electron chi connectivity index (χ1n) is 7.58. The van der Waals surface area contributed by atoms with Crippen molar-refractivity contribution in [3.8, 4) is 0 Å². The largest absolute Gasteiger partial charge is 0.234 e. The van der Waals surface area contributed by atoms with E-state index in [0.29, 0.717) is 0 Å². The van der Waals surface area contributed by atoms with Crippen LogP contribution in [0.2, 0.25) is 0 Å². The van der Waals surface area contributed by atoms with Crippen LogP contribution in [0.5, 0.6) is 0 Å². The second kappa shape index (κ2) is 13.5. The van der Waals surface area contributed by atoms with Crippen LogP contribution in [-0.2, 0) is 4.79 Å². The Morgan fingerprint density at radius 1 is 0.765 bits per heavy atom. The molecule has 100 valence electrons. The van der Waals surface area contributed by atoms with Gasteiger partial charge in [-0.1, -0.05) is 71.6 Å². The van der Waals surface area contributed by atoms with Crippen molar-refractivity contribution < 1.29 is 4.79 Å². The van der Waals surface area contributed by atoms with Crippen molar-refractivity contribution >= 4 is 5.94 Å². The lowest BCUT2D eigenvalue weighted by Crippen LogP contribution is -1.85. The van der Waals surface area contributed by atoms with E-state index >= 15 is 0 Å². The zero-order valence-electron chi connectivity index (χ0n) is 11.9. The first-order valence-corrected chi connectivity index (χ1v) is 7.58. The predicted octanol–water partition coefficient (Wildman–Crippen LogP) is 5.47. The SMILES string of the molecule is CCCCCCCCCCCCC(=C=O)CC. The average Bonchev–Trinajstić information content (AvgIpc) is 2.36. The van der Waals surface area contributed by atoms with E-state index in [1.165, 1.54) is 64.2 Å². The molecule has 0 heterocycles. The number of allylic oxidation sites excluding steroid dienone is 1. The zero-order valence-corrected chi connectivity index (χ0v) is 11.9. The van der Waals surface area contributed by atoms with Crippen molar-refractivity contribution in [2.24, 2.45) is 0 Å². The molecule has 0 atom stereocenters. The van der Waals surface area contributed by atoms with Gasteiger partial charge in [-0.05, 0) is 19.3 Å². The van der Waals surface area contributed by atoms with E-state index in [1.807, 2.05) is 12.9 Å². The third-order valence-corrected chi connectivity index (χ3v) is 3.40. The minimum atomic E-state index is 0.876. The minimum Gasteiger partial charge on any atom is -0.234 e. The lowest BCUT2D eigenvalue weighted by molar-refractivity contribution is 0.551. The predicted molar refractivity (Wildman–Crippen MR) is 76.0 cm³/mol. The molecule has 0 fully saturated rings. The monoisotopic (exact) mass is 238 g/mol. The van der Waals surface area contributed by atoms with Crippen LogP contribution in [0, 0.1) is 0 Å². The van der Waals surface area contributed by atoms with E-state index in [4.69, 9.17) is 0 Å². The van der Waals surface area contributed by atoms with Crippen molar-refractivity contribution in [3.63, 3.8) is 0 Å². The molecule has 0 aliphatic rings. The summed E-state index contributed by atoms with van der Waals surface area (Å²) in [6.45, 7) is 4.30. The van der Waals surface area contributed by atoms with E-state index in [9.17, 15) is 4.79 Å². The summed E-state index contributed by atoms with van der Waals surface area (Å²) in [4.78, 5) is 10.5. The quantitative estimate of drug-likeness (QED) is 0.326. The standard InChI is InChI=1S/C16H30O/c1-3-5-6-7-8-9-10-11-12-13-14-16(4-2)15-17/h3-14H2,1-2H3. The molecule has 0 saturated heterocycles. The Morgan fingerprint density at radius 3 is 1.65 bits per heavy atom. The molecule has 17 heavy (non-hydrogen) atoms. The fourth-order valence-electron chi connectivity index (χ4n) is 2.13. The molecule has 0 aromatic rings. The molecular formula is C16H30O. The van der Waals surface area contributed by atoms with Crippen molar-refractivity contribution in [3.05, 3.63) is 5.57 Å². The topological polar surface area (TPSA) is 17.1 Å². The van der Waals surface area contributed by atoms with Gasteiger partial charge in [0.15, 0.2) is 0 Å². The van der Waals surface area contributed by atoms with Gasteiger partial charge in [-0.15, -0.1) is 0 Å². The smallest absolute Gasteiger partial charge is 0.123 e. The summed E-state index contributed by atoms with van der Waals surface area (Å²) < 4.78 is 0. The zero-order chi connectivity index (χ0) is 12.8. The van der Waals surface area contributed by atoms with Crippen molar-refractivity contribution in [1.82, 2.24) is 0 Å². The van der Waals surface area contributed by atoms with Gasteiger partial charge in [0.1, 0.15) is 5.94 Å². The summed E-state index contributed by atoms with van der Waals surface area (Å²) in [5.74, 6) is 2.05. The molecule has 0 spiro atoms. The Bertz CT molecular complexity index is 202. The lowest BCUT2D eigenvalue weighted by atomic mass is 10.0. The molecule has 0 amide bonds. The van der Waals surface area contributed by atoms with Crippen LogP contribution in [0.4, 0.5) is 0 Å². The summed E-state index contributed by atoms with van der Waals surface area (Å²) in [7, 11) is 0. The van der Waals surface area contributed by atoms with Crippen LogP contribution >= 0.6 is 0 Å². The molecule has 0 rings (SSSR count). The summed E-state index contributed by atoms with van der Waals surface area (Å²) in [6, 6.07) is 0. The second-order valence-electron chi connectivity index (χ2n) is 4.99. The first-order chi connectivity index (χ1) is 8.35. The summed E-state index contributed by atoms with van der Waals surface area (Å²) in [5, 5.41) is 0. The Kier molecular flexibility index (Phi) is 13.1. The highest BCUT2D eigenvalue weighted by Crippen LogP contribution is 2.13. The molecule has 1 heteroatoms. The van der Waals surface area contributed by atoms with Crippen LogP contribution in [0.15, 0.2) is 5.57 Å². The Balaban J connectivity index is 3.11. The molecule has 0 radical (unpaired) electrons. The number of hydrogen-bond donors (Lipinski definition) is 0. The number of hydrogen-bond acceptors (Lipinski definition) is 1. The van der Waals surface area contributed by atoms with Crippen molar-refractivity contribution in [2.75, 3.05) is 0 Å². The van der Waals surface area contributed by atoms with Gasteiger partial charge in [-0.2, -0.15) is 0 Å². The highest BCUT2D eigenvalue weighted by molar-refractivity contribution is 5.51. The van der Waals surface area contributed by atoms with Gasteiger partial charge in [-0.3, -0.25) is 0 Å². The van der Waals surface area contributed by atoms with Crippen LogP contribution in [0.1, 0.15) is 90.9 Å². The maximum Gasteiger partial charge on any atom is 0.123 e. The Morgan fingerprint density at radius 2 is 1.24 bits per heavy atom. The molecule has 0 unspecified atom stereocenters. The number of unbranched alkanes of at least 4 members (excludes halogenated alkanes) is 9. The highest BCUT2D eigenvalue weighted by Gasteiger charge is 1.96. The maximum atomic E-state index is 10.5. The molecule has 0 aromatic carbocycles. The summed E-state index contributed by atoms with van der Waals surface area (Å²) in [5.41, 5.74) is 0.963. The fourth-order valence-corrected chi connectivity index (χ4v) is 2.13. The van der Waals surface area contributed by atoms with Crippen LogP contribution in [0.3, 0.4) is 0 Å². The van der Waals surface area contributed by atoms with Gasteiger partial charge in [0.05, 0.1) is 0 Å². The van der Waals surface area contributed by atoms with Crippen LogP contribution in [0.25, 0.3) is 0 Å². The van der Waals surface area contributed by atoms with Crippen LogP contribution < -0.4 is 0 Å². The molecule has 0 N–H and O–H groups in total. The van der Waals surface area contributed by atoms with Gasteiger partial charge in [0.2, 0.25) is 0 Å². The second-order valence-corrected chi connectivity index (χ2v) is 4.99. The van der Waals surface area contributed by atoms with Crippen molar-refractivity contribution in [1.29, 1.82) is 0 Å². The normalized spacial score (nSPS) is 10.2. The lowest BCUT2D eigenvalue weighted by Gasteiger charge is -2.02. The fraction of sp³-hybridized carbons (Fsp3) is 0.875. The molecule has 1 nitrogen and oxygen atoms in total. The molecule has 0 aromatic heterocycles. The summed E-state index contributed by atoms with van der Waals surface area (Å²) >= 11 is 0. The van der Waals surface area contributed by atoms with E-state index in [0.717, 1.165) is 18.4 Å². The third-order valence-electron chi connectivity index (χ3n) is 3.40. The van der Waals surface area contributed by atoms with Gasteiger partial charge in [0, 0.05) is 5.57 Å². The van der Waals surface area contributed by atoms with Crippen molar-refractivity contribution in [2.45, 2.75) is 90.9 Å². The first kappa shape index (κ1) is 16.4. The molecule has 0 aliphatic carbocycles. The summed E-state index contributed by atoms with van der Waals surface area (Å²) in [6.07, 6.45) is 15.4. The third kappa shape index (κ3) is 11.7. The van der Waals surface area contributed by atoms with E-state index < -0.39 is 0 Å². The number of carbonyl (C=O) groups excluding carboxylic acids is 1. The van der Waals surface area contributed by atoms with Gasteiger partial charge < -0.3 is 0 Å². The van der Waals surface area contributed by atoms with Crippen LogP contribution in [-0.4, -0.2) is 5.94 Å². The molecule has 0 saturated carbocycles. The molecule has 0 bridgehead atoms. The van der Waals surface area contributed by atoms with Gasteiger partial charge in [0.25, 0.3) is 0 Å². The minimum absolute atomic E-state index is 0.876. The van der Waals surface area contributed by atoms with E-state index in [1.54, 1.807) is 0 Å². The molecular weight excluding hydrogens is 208 g/mol. The van der Waals surface area contributed by atoms with E-state index in [-0.39, 0.29) is 0 Å². The Labute approximate surface area is 108 Å². The van der Waals surface area contributed by atoms with Gasteiger partial charge >= 0.3 is 0 Å². The number of rotatable bonds is 12. The highest BCUT2D eigenvalue weighted by atomic mass is 16.1. The maximum absolute atomic E-state index is 10.5. The molecule has 0 aliphatic heterocycles. The van der Waals surface area contributed by atoms with Gasteiger partial charge in [-0.25, -0.2) is 4.79 Å². The Hall–Kier alpha value is -0.550. The average molecular weight is 238 g/mol.